The van der Waals surface area contributed by atoms with Crippen molar-refractivity contribution in [2.75, 3.05) is 0 Å². The lowest BCUT2D eigenvalue weighted by atomic mass is 10.1. The first kappa shape index (κ1) is 12.8. The maximum Gasteiger partial charge on any atom is 0.311 e. The molecule has 1 saturated carbocycles. The third-order valence-corrected chi connectivity index (χ3v) is 3.21. The molecular weight excluding hydrogens is 237 g/mol. The molecule has 0 heterocycles. The van der Waals surface area contributed by atoms with Crippen molar-refractivity contribution in [3.05, 3.63) is 34.1 Å². The van der Waals surface area contributed by atoms with Crippen molar-refractivity contribution in [3.63, 3.8) is 0 Å². The predicted octanol–water partition coefficient (Wildman–Crippen LogP) is 3.84. The normalized spacial score (nSPS) is 17.2. The van der Waals surface area contributed by atoms with Gasteiger partial charge in [-0.3, -0.25) is 10.1 Å². The van der Waals surface area contributed by atoms with Gasteiger partial charge in [0.05, 0.1) is 11.0 Å². The van der Waals surface area contributed by atoms with Gasteiger partial charge in [-0.1, -0.05) is 12.8 Å². The summed E-state index contributed by atoms with van der Waals surface area (Å²) in [6.45, 7) is 0. The van der Waals surface area contributed by atoms with Gasteiger partial charge in [-0.2, -0.15) is 0 Å². The fourth-order valence-corrected chi connectivity index (χ4v) is 2.27. The molecule has 1 aliphatic rings. The van der Waals surface area contributed by atoms with Crippen molar-refractivity contribution in [2.45, 2.75) is 44.6 Å². The SMILES string of the molecule is O=[N+]([O-])c1ccc(F)cc1OC1CCCCCC1. The van der Waals surface area contributed by atoms with Gasteiger partial charge >= 0.3 is 5.69 Å². The molecular formula is C13H16FNO3. The van der Waals surface area contributed by atoms with Crippen molar-refractivity contribution in [1.82, 2.24) is 0 Å². The van der Waals surface area contributed by atoms with E-state index in [2.05, 4.69) is 0 Å². The summed E-state index contributed by atoms with van der Waals surface area (Å²) in [6.07, 6.45) is 6.20. The Morgan fingerprint density at radius 1 is 1.22 bits per heavy atom. The second kappa shape index (κ2) is 5.80. The van der Waals surface area contributed by atoms with Gasteiger partial charge in [-0.25, -0.2) is 4.39 Å². The Labute approximate surface area is 105 Å². The van der Waals surface area contributed by atoms with E-state index in [1.807, 2.05) is 0 Å². The Morgan fingerprint density at radius 3 is 2.50 bits per heavy atom. The number of hydrogen-bond donors (Lipinski definition) is 0. The van der Waals surface area contributed by atoms with E-state index < -0.39 is 10.7 Å². The Kier molecular flexibility index (Phi) is 4.12. The summed E-state index contributed by atoms with van der Waals surface area (Å²) in [6, 6.07) is 3.34. The van der Waals surface area contributed by atoms with Gasteiger partial charge in [0.25, 0.3) is 0 Å². The van der Waals surface area contributed by atoms with E-state index in [4.69, 9.17) is 4.74 Å². The molecule has 0 unspecified atom stereocenters. The average molecular weight is 253 g/mol. The molecule has 0 amide bonds. The number of ether oxygens (including phenoxy) is 1. The lowest BCUT2D eigenvalue weighted by Crippen LogP contribution is -2.16. The molecule has 0 aliphatic heterocycles. The summed E-state index contributed by atoms with van der Waals surface area (Å²) in [5, 5.41) is 10.8. The minimum Gasteiger partial charge on any atom is -0.483 e. The molecule has 4 nitrogen and oxygen atoms in total. The third kappa shape index (κ3) is 3.18. The zero-order chi connectivity index (χ0) is 13.0. The van der Waals surface area contributed by atoms with Crippen LogP contribution in [0.15, 0.2) is 18.2 Å². The van der Waals surface area contributed by atoms with Crippen LogP contribution in [0, 0.1) is 15.9 Å². The molecule has 0 atom stereocenters. The largest absolute Gasteiger partial charge is 0.483 e. The number of nitrogens with zero attached hydrogens (tertiary/aromatic N) is 1. The lowest BCUT2D eigenvalue weighted by Gasteiger charge is -2.16. The summed E-state index contributed by atoms with van der Waals surface area (Å²) < 4.78 is 18.8. The molecule has 0 saturated heterocycles. The molecule has 2 rings (SSSR count). The zero-order valence-corrected chi connectivity index (χ0v) is 10.1. The number of hydrogen-bond acceptors (Lipinski definition) is 3. The van der Waals surface area contributed by atoms with Crippen LogP contribution in [0.1, 0.15) is 38.5 Å². The highest BCUT2D eigenvalue weighted by Crippen LogP contribution is 2.31. The van der Waals surface area contributed by atoms with E-state index in [0.29, 0.717) is 0 Å². The minimum absolute atomic E-state index is 0.0343. The summed E-state index contributed by atoms with van der Waals surface area (Å²) in [4.78, 5) is 10.3. The first-order valence-electron chi connectivity index (χ1n) is 6.27. The second-order valence-corrected chi connectivity index (χ2v) is 4.60. The van der Waals surface area contributed by atoms with E-state index in [1.165, 1.54) is 12.8 Å². The number of halogens is 1. The first-order valence-corrected chi connectivity index (χ1v) is 6.27. The highest BCUT2D eigenvalue weighted by molar-refractivity contribution is 5.46. The molecule has 5 heteroatoms. The van der Waals surface area contributed by atoms with Crippen LogP contribution >= 0.6 is 0 Å². The van der Waals surface area contributed by atoms with Gasteiger partial charge < -0.3 is 4.74 Å². The van der Waals surface area contributed by atoms with Gasteiger partial charge in [0.15, 0.2) is 5.75 Å². The second-order valence-electron chi connectivity index (χ2n) is 4.60. The molecule has 0 bridgehead atoms. The standard InChI is InChI=1S/C13H16FNO3/c14-10-7-8-12(15(16)17)13(9-10)18-11-5-3-1-2-4-6-11/h7-9,11H,1-6H2. The molecule has 1 aromatic rings. The van der Waals surface area contributed by atoms with Gasteiger partial charge in [-0.05, 0) is 31.7 Å². The van der Waals surface area contributed by atoms with Crippen LogP contribution in [0.2, 0.25) is 0 Å². The fraction of sp³-hybridized carbons (Fsp3) is 0.538. The summed E-state index contributed by atoms with van der Waals surface area (Å²) >= 11 is 0. The van der Waals surface area contributed by atoms with Gasteiger partial charge in [0, 0.05) is 12.1 Å². The van der Waals surface area contributed by atoms with Crippen LogP contribution < -0.4 is 4.74 Å². The Morgan fingerprint density at radius 2 is 1.89 bits per heavy atom. The van der Waals surface area contributed by atoms with Crippen LogP contribution in [0.25, 0.3) is 0 Å². The topological polar surface area (TPSA) is 52.4 Å². The third-order valence-electron chi connectivity index (χ3n) is 3.21. The number of nitro groups is 1. The van der Waals surface area contributed by atoms with Crippen molar-refractivity contribution in [2.24, 2.45) is 0 Å². The molecule has 18 heavy (non-hydrogen) atoms. The zero-order valence-electron chi connectivity index (χ0n) is 10.1. The molecule has 0 radical (unpaired) electrons. The van der Waals surface area contributed by atoms with E-state index in [0.717, 1.165) is 43.9 Å². The summed E-state index contributed by atoms with van der Waals surface area (Å²) in [5.41, 5.74) is -0.166. The van der Waals surface area contributed by atoms with Crippen LogP contribution in [0.3, 0.4) is 0 Å². The molecule has 1 fully saturated rings. The van der Waals surface area contributed by atoms with Crippen LogP contribution in [0.5, 0.6) is 5.75 Å². The highest BCUT2D eigenvalue weighted by atomic mass is 19.1. The number of benzene rings is 1. The molecule has 1 aliphatic carbocycles. The quantitative estimate of drug-likeness (QED) is 0.467. The first-order chi connectivity index (χ1) is 8.66. The average Bonchev–Trinajstić information content (AvgIpc) is 2.57. The maximum absolute atomic E-state index is 13.1. The van der Waals surface area contributed by atoms with Gasteiger partial charge in [-0.15, -0.1) is 0 Å². The van der Waals surface area contributed by atoms with Crippen LogP contribution in [-0.4, -0.2) is 11.0 Å². The Bertz CT molecular complexity index is 428. The lowest BCUT2D eigenvalue weighted by molar-refractivity contribution is -0.386. The van der Waals surface area contributed by atoms with Crippen molar-refractivity contribution in [3.8, 4) is 5.75 Å². The van der Waals surface area contributed by atoms with Crippen molar-refractivity contribution < 1.29 is 14.1 Å². The Balaban J connectivity index is 2.15. The van der Waals surface area contributed by atoms with Gasteiger partial charge in [0.1, 0.15) is 5.82 Å². The monoisotopic (exact) mass is 253 g/mol. The fourth-order valence-electron chi connectivity index (χ4n) is 2.27. The molecule has 0 aromatic heterocycles. The van der Waals surface area contributed by atoms with E-state index >= 15 is 0 Å². The summed E-state index contributed by atoms with van der Waals surface area (Å²) in [7, 11) is 0. The summed E-state index contributed by atoms with van der Waals surface area (Å²) in [5.74, 6) is -0.462. The molecule has 0 N–H and O–H groups in total. The maximum atomic E-state index is 13.1. The van der Waals surface area contributed by atoms with Crippen molar-refractivity contribution in [1.29, 1.82) is 0 Å². The van der Waals surface area contributed by atoms with E-state index in [9.17, 15) is 14.5 Å². The minimum atomic E-state index is -0.536. The van der Waals surface area contributed by atoms with Crippen LogP contribution in [-0.2, 0) is 0 Å². The Hall–Kier alpha value is -1.65. The highest BCUT2D eigenvalue weighted by Gasteiger charge is 2.20. The molecule has 98 valence electrons. The van der Waals surface area contributed by atoms with Gasteiger partial charge in [0.2, 0.25) is 0 Å². The predicted molar refractivity (Wildman–Crippen MR) is 65.2 cm³/mol. The molecule has 1 aromatic carbocycles. The smallest absolute Gasteiger partial charge is 0.311 e. The van der Waals surface area contributed by atoms with E-state index in [-0.39, 0.29) is 17.5 Å². The van der Waals surface area contributed by atoms with Crippen LogP contribution in [0.4, 0.5) is 10.1 Å². The number of rotatable bonds is 3. The number of nitro benzene ring substituents is 1. The molecule has 0 spiro atoms. The van der Waals surface area contributed by atoms with Crippen molar-refractivity contribution >= 4 is 5.69 Å². The van der Waals surface area contributed by atoms with E-state index in [1.54, 1.807) is 0 Å².